The summed E-state index contributed by atoms with van der Waals surface area (Å²) < 4.78 is 61.9. The van der Waals surface area contributed by atoms with E-state index in [2.05, 4.69) is 8.92 Å². The third kappa shape index (κ3) is 6.38. The van der Waals surface area contributed by atoms with E-state index in [9.17, 15) is 21.6 Å². The van der Waals surface area contributed by atoms with Gasteiger partial charge in [-0.05, 0) is 0 Å². The van der Waals surface area contributed by atoms with Crippen molar-refractivity contribution in [1.29, 1.82) is 0 Å². The molecule has 0 aliphatic heterocycles. The number of hydrogen-bond acceptors (Lipinski definition) is 4. The first-order chi connectivity index (χ1) is 5.27. The lowest BCUT2D eigenvalue weighted by atomic mass is 10.9. The van der Waals surface area contributed by atoms with E-state index in [0.717, 1.165) is 0 Å². The number of hydrogen-bond donors (Lipinski definition) is 0. The summed E-state index contributed by atoms with van der Waals surface area (Å²) in [6.07, 6.45) is -5.16. The second kappa shape index (κ2) is 4.06. The van der Waals surface area contributed by atoms with E-state index >= 15 is 0 Å². The van der Waals surface area contributed by atoms with E-state index in [1.807, 2.05) is 0 Å². The van der Waals surface area contributed by atoms with Gasteiger partial charge in [0.25, 0.3) is 10.1 Å². The Kier molecular flexibility index (Phi) is 3.94. The van der Waals surface area contributed by atoms with Crippen molar-refractivity contribution < 1.29 is 30.5 Å². The van der Waals surface area contributed by atoms with E-state index in [4.69, 9.17) is 0 Å². The molecule has 12 heavy (non-hydrogen) atoms. The van der Waals surface area contributed by atoms with E-state index in [0.29, 0.717) is 0 Å². The van der Waals surface area contributed by atoms with E-state index < -0.39 is 22.2 Å². The highest BCUT2D eigenvalue weighted by Gasteiger charge is 2.36. The van der Waals surface area contributed by atoms with E-state index in [1.54, 1.807) is 0 Å². The fourth-order valence-electron chi connectivity index (χ4n) is 0.371. The molecule has 0 N–H and O–H groups in total. The Labute approximate surface area is 67.4 Å². The van der Waals surface area contributed by atoms with Crippen molar-refractivity contribution in [2.45, 2.75) is 6.36 Å². The molecule has 0 rings (SSSR count). The number of methoxy groups -OCH3 is 1. The molecule has 0 unspecified atom stereocenters. The Bertz CT molecular complexity index is 219. The molecular weight excluding hydrogens is 201 g/mol. The summed E-state index contributed by atoms with van der Waals surface area (Å²) in [4.78, 5) is 0. The number of rotatable bonds is 4. The molecular formula is C4H7F3O4S. The lowest BCUT2D eigenvalue weighted by Gasteiger charge is -2.06. The van der Waals surface area contributed by atoms with Crippen LogP contribution in [0.15, 0.2) is 0 Å². The predicted octanol–water partition coefficient (Wildman–Crippen LogP) is 0.499. The Morgan fingerprint density at radius 2 is 1.83 bits per heavy atom. The van der Waals surface area contributed by atoms with Crippen LogP contribution in [0, 0.1) is 0 Å². The largest absolute Gasteiger partial charge is 0.537 e. The average Bonchev–Trinajstić information content (AvgIpc) is 1.78. The van der Waals surface area contributed by atoms with Crippen molar-refractivity contribution in [2.75, 3.05) is 19.5 Å². The highest BCUT2D eigenvalue weighted by Crippen LogP contribution is 2.19. The van der Waals surface area contributed by atoms with Gasteiger partial charge in [-0.1, -0.05) is 0 Å². The lowest BCUT2D eigenvalue weighted by Crippen LogP contribution is -2.23. The van der Waals surface area contributed by atoms with Gasteiger partial charge in [0, 0.05) is 7.11 Å². The molecule has 74 valence electrons. The molecule has 0 aromatic heterocycles. The molecule has 0 fully saturated rings. The summed E-state index contributed by atoms with van der Waals surface area (Å²) in [6.45, 7) is -0.335. The Hall–Kier alpha value is -0.340. The van der Waals surface area contributed by atoms with Gasteiger partial charge in [-0.15, -0.1) is 13.2 Å². The summed E-state index contributed by atoms with van der Waals surface area (Å²) in [5.41, 5.74) is 0. The van der Waals surface area contributed by atoms with Crippen molar-refractivity contribution in [1.82, 2.24) is 0 Å². The third-order valence-electron chi connectivity index (χ3n) is 0.759. The van der Waals surface area contributed by atoms with Gasteiger partial charge in [0.05, 0.1) is 12.4 Å². The zero-order chi connectivity index (χ0) is 9.83. The first-order valence-corrected chi connectivity index (χ1v) is 4.33. The van der Waals surface area contributed by atoms with Crippen LogP contribution in [0.25, 0.3) is 0 Å². The van der Waals surface area contributed by atoms with Crippen LogP contribution in [0.3, 0.4) is 0 Å². The zero-order valence-electron chi connectivity index (χ0n) is 6.09. The maximum atomic E-state index is 11.3. The summed E-state index contributed by atoms with van der Waals surface area (Å²) >= 11 is 0. The molecule has 0 saturated heterocycles. The van der Waals surface area contributed by atoms with Crippen molar-refractivity contribution in [3.63, 3.8) is 0 Å². The first-order valence-electron chi connectivity index (χ1n) is 2.76. The molecule has 0 spiro atoms. The standard InChI is InChI=1S/C4H7F3O4S/c1-10-2-3-12(8,9)11-4(5,6)7/h2-3H2,1H3. The van der Waals surface area contributed by atoms with Gasteiger partial charge < -0.3 is 4.74 Å². The Balaban J connectivity index is 4.06. The average molecular weight is 208 g/mol. The number of alkyl halides is 3. The third-order valence-corrected chi connectivity index (χ3v) is 1.87. The molecule has 8 heteroatoms. The van der Waals surface area contributed by atoms with Gasteiger partial charge in [0.1, 0.15) is 0 Å². The quantitative estimate of drug-likeness (QED) is 0.631. The minimum absolute atomic E-state index is 0.335. The second-order valence-electron chi connectivity index (χ2n) is 1.78. The summed E-state index contributed by atoms with van der Waals surface area (Å²) in [5.74, 6) is -0.816. The summed E-state index contributed by atoms with van der Waals surface area (Å²) in [6, 6.07) is 0. The van der Waals surface area contributed by atoms with Crippen LogP contribution in [-0.4, -0.2) is 34.2 Å². The van der Waals surface area contributed by atoms with Gasteiger partial charge >= 0.3 is 6.36 Å². The topological polar surface area (TPSA) is 52.6 Å². The van der Waals surface area contributed by atoms with Crippen molar-refractivity contribution >= 4 is 10.1 Å². The molecule has 0 aliphatic carbocycles. The van der Waals surface area contributed by atoms with Crippen LogP contribution in [-0.2, 0) is 19.0 Å². The SMILES string of the molecule is COCCS(=O)(=O)OC(F)(F)F. The normalized spacial score (nSPS) is 13.3. The molecule has 0 heterocycles. The fourth-order valence-corrected chi connectivity index (χ4v) is 1.11. The number of halogens is 3. The van der Waals surface area contributed by atoms with Crippen molar-refractivity contribution in [3.8, 4) is 0 Å². The van der Waals surface area contributed by atoms with Gasteiger partial charge in [-0.2, -0.15) is 12.6 Å². The predicted molar refractivity (Wildman–Crippen MR) is 32.8 cm³/mol. The highest BCUT2D eigenvalue weighted by atomic mass is 32.2. The number of ether oxygens (including phenoxy) is 1. The van der Waals surface area contributed by atoms with Crippen molar-refractivity contribution in [3.05, 3.63) is 0 Å². The molecule has 0 bridgehead atoms. The summed E-state index contributed by atoms with van der Waals surface area (Å²) in [7, 11) is -3.38. The van der Waals surface area contributed by atoms with E-state index in [-0.39, 0.29) is 6.61 Å². The fraction of sp³-hybridized carbons (Fsp3) is 1.00. The molecule has 0 aromatic carbocycles. The molecule has 0 amide bonds. The highest BCUT2D eigenvalue weighted by molar-refractivity contribution is 7.86. The van der Waals surface area contributed by atoms with Crippen LogP contribution in [0.1, 0.15) is 0 Å². The van der Waals surface area contributed by atoms with Crippen LogP contribution >= 0.6 is 0 Å². The maximum Gasteiger partial charge on any atom is 0.537 e. The van der Waals surface area contributed by atoms with Crippen molar-refractivity contribution in [2.24, 2.45) is 0 Å². The van der Waals surface area contributed by atoms with Gasteiger partial charge in [-0.3, -0.25) is 0 Å². The molecule has 0 aliphatic rings. The van der Waals surface area contributed by atoms with Crippen LogP contribution < -0.4 is 0 Å². The van der Waals surface area contributed by atoms with Gasteiger partial charge in [0.2, 0.25) is 0 Å². The minimum atomic E-state index is -5.16. The second-order valence-corrected chi connectivity index (χ2v) is 3.47. The van der Waals surface area contributed by atoms with E-state index in [1.165, 1.54) is 7.11 Å². The van der Waals surface area contributed by atoms with Crippen LogP contribution in [0.2, 0.25) is 0 Å². The van der Waals surface area contributed by atoms with Gasteiger partial charge in [0.15, 0.2) is 0 Å². The Morgan fingerprint density at radius 3 is 2.17 bits per heavy atom. The van der Waals surface area contributed by atoms with Crippen LogP contribution in [0.4, 0.5) is 13.2 Å². The molecule has 0 aromatic rings. The van der Waals surface area contributed by atoms with Crippen LogP contribution in [0.5, 0.6) is 0 Å². The Morgan fingerprint density at radius 1 is 1.33 bits per heavy atom. The maximum absolute atomic E-state index is 11.3. The lowest BCUT2D eigenvalue weighted by molar-refractivity contribution is -0.271. The molecule has 0 atom stereocenters. The zero-order valence-corrected chi connectivity index (χ0v) is 6.91. The summed E-state index contributed by atoms with van der Waals surface area (Å²) in [5, 5.41) is 0. The van der Waals surface area contributed by atoms with Gasteiger partial charge in [-0.25, -0.2) is 0 Å². The first kappa shape index (κ1) is 11.7. The molecule has 4 nitrogen and oxygen atoms in total. The minimum Gasteiger partial charge on any atom is -0.384 e. The smallest absolute Gasteiger partial charge is 0.384 e. The molecule has 0 radical (unpaired) electrons. The molecule has 0 saturated carbocycles. The monoisotopic (exact) mass is 208 g/mol.